The number of benzene rings is 1. The molecule has 2 atom stereocenters. The molecule has 0 aliphatic heterocycles. The van der Waals surface area contributed by atoms with Crippen LogP contribution in [0.25, 0.3) is 0 Å². The van der Waals surface area contributed by atoms with Crippen molar-refractivity contribution in [2.24, 2.45) is 7.05 Å². The zero-order valence-electron chi connectivity index (χ0n) is 12.2. The van der Waals surface area contributed by atoms with Gasteiger partial charge in [-0.1, -0.05) is 12.1 Å². The molecule has 1 heterocycles. The highest BCUT2D eigenvalue weighted by molar-refractivity contribution is 5.27. The summed E-state index contributed by atoms with van der Waals surface area (Å²) in [5.41, 5.74) is 2.77. The molecule has 0 spiro atoms. The highest BCUT2D eigenvalue weighted by Gasteiger charge is 2.25. The van der Waals surface area contributed by atoms with Crippen molar-refractivity contribution >= 4 is 0 Å². The zero-order valence-corrected chi connectivity index (χ0v) is 12.2. The molecule has 2 unspecified atom stereocenters. The molecule has 1 aromatic heterocycles. The molecule has 0 fully saturated rings. The summed E-state index contributed by atoms with van der Waals surface area (Å²) in [5, 5.41) is 7.72. The lowest BCUT2D eigenvalue weighted by Gasteiger charge is -2.27. The minimum Gasteiger partial charge on any atom is -0.303 e. The standard InChI is InChI=1S/C16H19F2N3/c1-10(11-5-3-6-13(17)16(11)18)20-14-7-4-8-15-12(14)9-19-21(15)2/h3,5-6,9-10,14,20H,4,7-8H2,1-2H3. The second kappa shape index (κ2) is 5.56. The van der Waals surface area contributed by atoms with E-state index in [4.69, 9.17) is 0 Å². The van der Waals surface area contributed by atoms with Crippen molar-refractivity contribution in [3.8, 4) is 0 Å². The van der Waals surface area contributed by atoms with E-state index in [2.05, 4.69) is 10.4 Å². The Kier molecular flexibility index (Phi) is 3.76. The van der Waals surface area contributed by atoms with Gasteiger partial charge >= 0.3 is 0 Å². The Hall–Kier alpha value is -1.75. The molecule has 3 nitrogen and oxygen atoms in total. The van der Waals surface area contributed by atoms with E-state index in [0.717, 1.165) is 25.3 Å². The molecular formula is C16H19F2N3. The number of rotatable bonds is 3. The maximum Gasteiger partial charge on any atom is 0.163 e. The molecule has 5 heteroatoms. The number of fused-ring (bicyclic) bond motifs is 1. The summed E-state index contributed by atoms with van der Waals surface area (Å²) in [6.45, 7) is 1.86. The number of aryl methyl sites for hydroxylation is 1. The molecule has 0 bridgehead atoms. The number of halogens is 2. The van der Waals surface area contributed by atoms with Gasteiger partial charge in [-0.25, -0.2) is 8.78 Å². The molecule has 0 radical (unpaired) electrons. The van der Waals surface area contributed by atoms with Crippen LogP contribution in [-0.4, -0.2) is 9.78 Å². The van der Waals surface area contributed by atoms with Crippen LogP contribution in [0.1, 0.15) is 48.7 Å². The summed E-state index contributed by atoms with van der Waals surface area (Å²) in [5.74, 6) is -1.56. The number of nitrogens with one attached hydrogen (secondary N) is 1. The monoisotopic (exact) mass is 291 g/mol. The maximum absolute atomic E-state index is 13.9. The van der Waals surface area contributed by atoms with Crippen LogP contribution < -0.4 is 5.32 Å². The second-order valence-corrected chi connectivity index (χ2v) is 5.65. The third-order valence-corrected chi connectivity index (χ3v) is 4.27. The van der Waals surface area contributed by atoms with Gasteiger partial charge in [-0.05, 0) is 32.3 Å². The van der Waals surface area contributed by atoms with Gasteiger partial charge in [-0.15, -0.1) is 0 Å². The fourth-order valence-electron chi connectivity index (χ4n) is 3.13. The van der Waals surface area contributed by atoms with Crippen molar-refractivity contribution in [2.45, 2.75) is 38.3 Å². The van der Waals surface area contributed by atoms with E-state index in [9.17, 15) is 8.78 Å². The summed E-state index contributed by atoms with van der Waals surface area (Å²) >= 11 is 0. The molecule has 0 amide bonds. The second-order valence-electron chi connectivity index (χ2n) is 5.65. The molecule has 1 aliphatic rings. The third-order valence-electron chi connectivity index (χ3n) is 4.27. The van der Waals surface area contributed by atoms with Crippen molar-refractivity contribution in [3.05, 3.63) is 52.9 Å². The molecule has 21 heavy (non-hydrogen) atoms. The van der Waals surface area contributed by atoms with E-state index in [1.165, 1.54) is 11.3 Å². The topological polar surface area (TPSA) is 29.9 Å². The molecule has 1 aliphatic carbocycles. The van der Waals surface area contributed by atoms with Crippen molar-refractivity contribution in [1.29, 1.82) is 0 Å². The summed E-state index contributed by atoms with van der Waals surface area (Å²) in [4.78, 5) is 0. The van der Waals surface area contributed by atoms with Gasteiger partial charge in [0.1, 0.15) is 0 Å². The Morgan fingerprint density at radius 1 is 1.38 bits per heavy atom. The van der Waals surface area contributed by atoms with Gasteiger partial charge in [0.05, 0.1) is 6.20 Å². The molecule has 1 N–H and O–H groups in total. The highest BCUT2D eigenvalue weighted by atomic mass is 19.2. The van der Waals surface area contributed by atoms with Gasteiger partial charge in [-0.2, -0.15) is 5.10 Å². The predicted molar refractivity (Wildman–Crippen MR) is 76.8 cm³/mol. The first kappa shape index (κ1) is 14.2. The van der Waals surface area contributed by atoms with Gasteiger partial charge in [0.25, 0.3) is 0 Å². The van der Waals surface area contributed by atoms with E-state index in [1.54, 1.807) is 12.1 Å². The average Bonchev–Trinajstić information content (AvgIpc) is 2.85. The molecule has 112 valence electrons. The fraction of sp³-hybridized carbons (Fsp3) is 0.438. The van der Waals surface area contributed by atoms with E-state index in [-0.39, 0.29) is 12.1 Å². The Morgan fingerprint density at radius 2 is 2.19 bits per heavy atom. The average molecular weight is 291 g/mol. The first-order valence-electron chi connectivity index (χ1n) is 7.28. The van der Waals surface area contributed by atoms with Crippen LogP contribution >= 0.6 is 0 Å². The smallest absolute Gasteiger partial charge is 0.163 e. The van der Waals surface area contributed by atoms with Crippen LogP contribution in [0, 0.1) is 11.6 Å². The molecule has 0 saturated heterocycles. The minimum atomic E-state index is -0.799. The molecule has 1 aromatic carbocycles. The van der Waals surface area contributed by atoms with Gasteiger partial charge < -0.3 is 5.32 Å². The van der Waals surface area contributed by atoms with Crippen LogP contribution in [0.4, 0.5) is 8.78 Å². The van der Waals surface area contributed by atoms with Gasteiger partial charge in [0.15, 0.2) is 11.6 Å². The molecule has 2 aromatic rings. The Morgan fingerprint density at radius 3 is 3.00 bits per heavy atom. The van der Waals surface area contributed by atoms with E-state index >= 15 is 0 Å². The van der Waals surface area contributed by atoms with Crippen molar-refractivity contribution in [1.82, 2.24) is 15.1 Å². The normalized spacial score (nSPS) is 19.3. The number of aromatic nitrogens is 2. The van der Waals surface area contributed by atoms with E-state index in [1.807, 2.05) is 24.9 Å². The summed E-state index contributed by atoms with van der Waals surface area (Å²) < 4.78 is 29.1. The molecular weight excluding hydrogens is 272 g/mol. The lowest BCUT2D eigenvalue weighted by molar-refractivity contribution is 0.397. The van der Waals surface area contributed by atoms with Crippen LogP contribution in [0.5, 0.6) is 0 Å². The third kappa shape index (κ3) is 2.58. The van der Waals surface area contributed by atoms with Crippen LogP contribution in [-0.2, 0) is 13.5 Å². The van der Waals surface area contributed by atoms with Crippen LogP contribution in [0.15, 0.2) is 24.4 Å². The summed E-state index contributed by atoms with van der Waals surface area (Å²) in [7, 11) is 1.94. The van der Waals surface area contributed by atoms with Crippen molar-refractivity contribution < 1.29 is 8.78 Å². The van der Waals surface area contributed by atoms with Crippen molar-refractivity contribution in [3.63, 3.8) is 0 Å². The molecule has 3 rings (SSSR count). The first-order valence-corrected chi connectivity index (χ1v) is 7.28. The van der Waals surface area contributed by atoms with Gasteiger partial charge in [0.2, 0.25) is 0 Å². The lowest BCUT2D eigenvalue weighted by atomic mass is 9.92. The van der Waals surface area contributed by atoms with Crippen molar-refractivity contribution in [2.75, 3.05) is 0 Å². The molecule has 0 saturated carbocycles. The summed E-state index contributed by atoms with van der Waals surface area (Å²) in [6.07, 6.45) is 4.95. The highest BCUT2D eigenvalue weighted by Crippen LogP contribution is 2.31. The number of nitrogens with zero attached hydrogens (tertiary/aromatic N) is 2. The van der Waals surface area contributed by atoms with E-state index < -0.39 is 11.6 Å². The quantitative estimate of drug-likeness (QED) is 0.939. The number of hydrogen-bond donors (Lipinski definition) is 1. The SMILES string of the molecule is CC(NC1CCCc2c1cnn2C)c1cccc(F)c1F. The Balaban J connectivity index is 1.82. The lowest BCUT2D eigenvalue weighted by Crippen LogP contribution is -2.28. The zero-order chi connectivity index (χ0) is 15.0. The first-order chi connectivity index (χ1) is 10.1. The van der Waals surface area contributed by atoms with Gasteiger partial charge in [0, 0.05) is 36.0 Å². The van der Waals surface area contributed by atoms with E-state index in [0.29, 0.717) is 5.56 Å². The Bertz CT molecular complexity index is 651. The predicted octanol–water partition coefficient (Wildman–Crippen LogP) is 3.43. The fourth-order valence-corrected chi connectivity index (χ4v) is 3.13. The van der Waals surface area contributed by atoms with Gasteiger partial charge in [-0.3, -0.25) is 4.68 Å². The van der Waals surface area contributed by atoms with Crippen LogP contribution in [0.2, 0.25) is 0 Å². The minimum absolute atomic E-state index is 0.139. The largest absolute Gasteiger partial charge is 0.303 e. The number of hydrogen-bond acceptors (Lipinski definition) is 2. The van der Waals surface area contributed by atoms with Crippen LogP contribution in [0.3, 0.4) is 0 Å². The maximum atomic E-state index is 13.9. The Labute approximate surface area is 123 Å². The summed E-state index contributed by atoms with van der Waals surface area (Å²) in [6, 6.07) is 4.20.